The molecule has 2 heterocycles. The van der Waals surface area contributed by atoms with Crippen molar-refractivity contribution in [1.82, 2.24) is 9.97 Å². The average molecular weight is 249 g/mol. The summed E-state index contributed by atoms with van der Waals surface area (Å²) in [6.45, 7) is 2.69. The number of halogens is 1. The van der Waals surface area contributed by atoms with E-state index in [0.717, 1.165) is 5.56 Å². The van der Waals surface area contributed by atoms with Gasteiger partial charge in [0.25, 0.3) is 0 Å². The fourth-order valence-corrected chi connectivity index (χ4v) is 1.71. The number of pyridine rings is 2. The highest BCUT2D eigenvalue weighted by Gasteiger charge is 2.01. The molecule has 17 heavy (non-hydrogen) atoms. The molecule has 0 aliphatic heterocycles. The Morgan fingerprint density at radius 3 is 2.94 bits per heavy atom. The van der Waals surface area contributed by atoms with Crippen LogP contribution in [0, 0.1) is 6.92 Å². The number of nitrogens with two attached hydrogens (primary N) is 1. The molecule has 0 aromatic carbocycles. The van der Waals surface area contributed by atoms with Crippen LogP contribution in [-0.2, 0) is 6.54 Å². The number of nitrogen functional groups attached to an aromatic ring is 1. The van der Waals surface area contributed by atoms with Gasteiger partial charge in [0.15, 0.2) is 0 Å². The molecule has 2 aromatic heterocycles. The van der Waals surface area contributed by atoms with Crippen molar-refractivity contribution < 1.29 is 0 Å². The molecule has 0 aliphatic rings. The molecule has 0 unspecified atom stereocenters. The van der Waals surface area contributed by atoms with E-state index in [9.17, 15) is 0 Å². The molecule has 2 rings (SSSR count). The highest BCUT2D eigenvalue weighted by Crippen LogP contribution is 2.17. The van der Waals surface area contributed by atoms with Gasteiger partial charge >= 0.3 is 0 Å². The molecule has 0 spiro atoms. The van der Waals surface area contributed by atoms with E-state index in [1.54, 1.807) is 18.3 Å². The van der Waals surface area contributed by atoms with Gasteiger partial charge in [0.2, 0.25) is 0 Å². The van der Waals surface area contributed by atoms with Crippen molar-refractivity contribution in [1.29, 1.82) is 0 Å². The molecular weight excluding hydrogens is 236 g/mol. The number of nitrogens with one attached hydrogen (secondary N) is 1. The predicted octanol–water partition coefficient (Wildman–Crippen LogP) is 2.63. The third-order valence-electron chi connectivity index (χ3n) is 2.41. The van der Waals surface area contributed by atoms with Gasteiger partial charge in [0.1, 0.15) is 11.0 Å². The molecule has 88 valence electrons. The van der Waals surface area contributed by atoms with Gasteiger partial charge in [0.05, 0.1) is 0 Å². The maximum Gasteiger partial charge on any atom is 0.133 e. The highest BCUT2D eigenvalue weighted by molar-refractivity contribution is 6.29. The number of nitrogens with zero attached hydrogens (tertiary/aromatic N) is 2. The van der Waals surface area contributed by atoms with Crippen LogP contribution in [-0.4, -0.2) is 9.97 Å². The molecule has 0 saturated carbocycles. The Morgan fingerprint density at radius 1 is 1.41 bits per heavy atom. The van der Waals surface area contributed by atoms with Gasteiger partial charge in [-0.3, -0.25) is 4.98 Å². The van der Waals surface area contributed by atoms with Gasteiger partial charge in [-0.15, -0.1) is 0 Å². The van der Waals surface area contributed by atoms with Crippen LogP contribution >= 0.6 is 11.6 Å². The topological polar surface area (TPSA) is 63.8 Å². The first-order valence-corrected chi connectivity index (χ1v) is 5.59. The van der Waals surface area contributed by atoms with Crippen molar-refractivity contribution in [3.63, 3.8) is 0 Å². The molecular formula is C12H13ClN4. The zero-order chi connectivity index (χ0) is 12.3. The second-order valence-corrected chi connectivity index (χ2v) is 4.15. The summed E-state index contributed by atoms with van der Waals surface area (Å²) in [6.07, 6.45) is 3.60. The van der Waals surface area contributed by atoms with Gasteiger partial charge in [-0.05, 0) is 30.2 Å². The lowest BCUT2D eigenvalue weighted by molar-refractivity contribution is 1.07. The van der Waals surface area contributed by atoms with Crippen molar-refractivity contribution in [2.24, 2.45) is 0 Å². The normalized spacial score (nSPS) is 10.2. The zero-order valence-corrected chi connectivity index (χ0v) is 10.2. The van der Waals surface area contributed by atoms with Crippen LogP contribution < -0.4 is 11.1 Å². The predicted molar refractivity (Wildman–Crippen MR) is 70.0 cm³/mol. The molecule has 4 nitrogen and oxygen atoms in total. The smallest absolute Gasteiger partial charge is 0.133 e. The Balaban J connectivity index is 2.10. The molecule has 2 aromatic rings. The third kappa shape index (κ3) is 3.07. The molecule has 0 bridgehead atoms. The summed E-state index contributed by atoms with van der Waals surface area (Å²) in [4.78, 5) is 8.18. The monoisotopic (exact) mass is 248 g/mol. The highest BCUT2D eigenvalue weighted by atomic mass is 35.5. The van der Waals surface area contributed by atoms with Gasteiger partial charge in [0, 0.05) is 30.7 Å². The van der Waals surface area contributed by atoms with Gasteiger partial charge in [-0.2, -0.15) is 0 Å². The van der Waals surface area contributed by atoms with Crippen molar-refractivity contribution in [3.05, 3.63) is 46.9 Å². The number of aryl methyl sites for hydroxylation is 1. The van der Waals surface area contributed by atoms with Crippen molar-refractivity contribution >= 4 is 23.1 Å². The van der Waals surface area contributed by atoms with E-state index < -0.39 is 0 Å². The summed E-state index contributed by atoms with van der Waals surface area (Å²) in [5, 5.41) is 3.57. The van der Waals surface area contributed by atoms with Crippen LogP contribution in [0.1, 0.15) is 11.1 Å². The lowest BCUT2D eigenvalue weighted by Crippen LogP contribution is -2.04. The van der Waals surface area contributed by atoms with E-state index in [0.29, 0.717) is 23.2 Å². The van der Waals surface area contributed by atoms with Crippen LogP contribution in [0.25, 0.3) is 0 Å². The van der Waals surface area contributed by atoms with E-state index in [2.05, 4.69) is 15.3 Å². The summed E-state index contributed by atoms with van der Waals surface area (Å²) in [7, 11) is 0. The van der Waals surface area contributed by atoms with E-state index >= 15 is 0 Å². The lowest BCUT2D eigenvalue weighted by Gasteiger charge is -2.08. The Bertz CT molecular complexity index is 507. The Kier molecular flexibility index (Phi) is 3.44. The number of hydrogen-bond donors (Lipinski definition) is 2. The first-order chi connectivity index (χ1) is 8.15. The second kappa shape index (κ2) is 5.01. The van der Waals surface area contributed by atoms with Crippen LogP contribution in [0.4, 0.5) is 11.5 Å². The third-order valence-corrected chi connectivity index (χ3v) is 2.61. The molecule has 0 aliphatic carbocycles. The van der Waals surface area contributed by atoms with Crippen LogP contribution in [0.3, 0.4) is 0 Å². The summed E-state index contributed by atoms with van der Waals surface area (Å²) in [5.41, 5.74) is 8.58. The summed E-state index contributed by atoms with van der Waals surface area (Å²) in [6, 6.07) is 5.34. The van der Waals surface area contributed by atoms with Crippen LogP contribution in [0.15, 0.2) is 30.6 Å². The molecule has 0 fully saturated rings. The Hall–Kier alpha value is -1.81. The standard InChI is InChI=1S/C12H13ClN4/c1-8-6-15-3-2-9(8)7-16-12-5-10(14)4-11(13)17-12/h2-6H,7H2,1H3,(H3,14,16,17). The molecule has 0 atom stereocenters. The van der Waals surface area contributed by atoms with Crippen molar-refractivity contribution in [2.45, 2.75) is 13.5 Å². The first-order valence-electron chi connectivity index (χ1n) is 5.21. The van der Waals surface area contributed by atoms with E-state index in [1.807, 2.05) is 19.2 Å². The second-order valence-electron chi connectivity index (χ2n) is 3.76. The Labute approximate surface area is 105 Å². The fraction of sp³-hybridized carbons (Fsp3) is 0.167. The quantitative estimate of drug-likeness (QED) is 0.820. The molecule has 5 heteroatoms. The van der Waals surface area contributed by atoms with Crippen LogP contribution in [0.2, 0.25) is 5.15 Å². The fourth-order valence-electron chi connectivity index (χ4n) is 1.49. The number of rotatable bonds is 3. The maximum atomic E-state index is 5.82. The summed E-state index contributed by atoms with van der Waals surface area (Å²) >= 11 is 5.82. The molecule has 0 radical (unpaired) electrons. The summed E-state index contributed by atoms with van der Waals surface area (Å²) in [5.74, 6) is 0.672. The maximum absolute atomic E-state index is 5.82. The zero-order valence-electron chi connectivity index (χ0n) is 9.44. The molecule has 0 saturated heterocycles. The SMILES string of the molecule is Cc1cnccc1CNc1cc(N)cc(Cl)n1. The van der Waals surface area contributed by atoms with Crippen LogP contribution in [0.5, 0.6) is 0 Å². The lowest BCUT2D eigenvalue weighted by atomic mass is 10.1. The minimum atomic E-state index is 0.388. The first kappa shape index (κ1) is 11.7. The molecule has 0 amide bonds. The largest absolute Gasteiger partial charge is 0.399 e. The number of aromatic nitrogens is 2. The minimum absolute atomic E-state index is 0.388. The minimum Gasteiger partial charge on any atom is -0.399 e. The summed E-state index contributed by atoms with van der Waals surface area (Å²) < 4.78 is 0. The van der Waals surface area contributed by atoms with Gasteiger partial charge in [-0.1, -0.05) is 11.6 Å². The van der Waals surface area contributed by atoms with E-state index in [4.69, 9.17) is 17.3 Å². The number of anilines is 2. The average Bonchev–Trinajstić information content (AvgIpc) is 2.27. The number of hydrogen-bond acceptors (Lipinski definition) is 4. The van der Waals surface area contributed by atoms with E-state index in [-0.39, 0.29) is 0 Å². The molecule has 3 N–H and O–H groups in total. The van der Waals surface area contributed by atoms with Gasteiger partial charge < -0.3 is 11.1 Å². The van der Waals surface area contributed by atoms with Gasteiger partial charge in [-0.25, -0.2) is 4.98 Å². The van der Waals surface area contributed by atoms with E-state index in [1.165, 1.54) is 5.56 Å². The Morgan fingerprint density at radius 2 is 2.24 bits per heavy atom. The van der Waals surface area contributed by atoms with Crippen molar-refractivity contribution in [3.8, 4) is 0 Å². The van der Waals surface area contributed by atoms with Crippen molar-refractivity contribution in [2.75, 3.05) is 11.1 Å².